The third kappa shape index (κ3) is 3.33. The molecule has 0 atom stereocenters. The number of benzene rings is 1. The minimum absolute atomic E-state index is 0.143. The van der Waals surface area contributed by atoms with Crippen molar-refractivity contribution in [1.29, 1.82) is 5.26 Å². The molecule has 0 aliphatic heterocycles. The van der Waals surface area contributed by atoms with E-state index >= 15 is 0 Å². The van der Waals surface area contributed by atoms with Crippen LogP contribution in [-0.2, 0) is 28.9 Å². The summed E-state index contributed by atoms with van der Waals surface area (Å²) in [7, 11) is 0. The standard InChI is InChI=1S/C20H26N2O2/c1-3-23-20(24-4-2)11-12-22-18-8-6-5-7-16(18)17-13-15(14-21)9-10-19(17)22/h9-10,13,20H,3-8,11-12H2,1-2H3. The second-order valence-corrected chi connectivity index (χ2v) is 6.26. The zero-order valence-electron chi connectivity index (χ0n) is 14.7. The van der Waals surface area contributed by atoms with Gasteiger partial charge in [0.15, 0.2) is 6.29 Å². The van der Waals surface area contributed by atoms with Gasteiger partial charge in [-0.05, 0) is 63.3 Å². The molecule has 128 valence electrons. The number of nitriles is 1. The molecule has 3 rings (SSSR count). The Hall–Kier alpha value is -1.83. The first-order chi connectivity index (χ1) is 11.8. The molecule has 24 heavy (non-hydrogen) atoms. The van der Waals surface area contributed by atoms with Crippen molar-refractivity contribution in [2.75, 3.05) is 13.2 Å². The summed E-state index contributed by atoms with van der Waals surface area (Å²) >= 11 is 0. The number of ether oxygens (including phenoxy) is 2. The predicted molar refractivity (Wildman–Crippen MR) is 95.0 cm³/mol. The summed E-state index contributed by atoms with van der Waals surface area (Å²) in [4.78, 5) is 0. The average molecular weight is 326 g/mol. The quantitative estimate of drug-likeness (QED) is 0.717. The topological polar surface area (TPSA) is 47.2 Å². The molecule has 1 aliphatic rings. The molecule has 0 radical (unpaired) electrons. The van der Waals surface area contributed by atoms with Gasteiger partial charge >= 0.3 is 0 Å². The third-order valence-corrected chi connectivity index (χ3v) is 4.80. The van der Waals surface area contributed by atoms with E-state index in [0.717, 1.165) is 31.4 Å². The van der Waals surface area contributed by atoms with E-state index < -0.39 is 0 Å². The minimum Gasteiger partial charge on any atom is -0.353 e. The van der Waals surface area contributed by atoms with Crippen LogP contribution in [0, 0.1) is 11.3 Å². The van der Waals surface area contributed by atoms with Crippen LogP contribution in [0.15, 0.2) is 18.2 Å². The monoisotopic (exact) mass is 326 g/mol. The summed E-state index contributed by atoms with van der Waals surface area (Å²) in [5.74, 6) is 0. The smallest absolute Gasteiger partial charge is 0.159 e. The fourth-order valence-corrected chi connectivity index (χ4v) is 3.78. The minimum atomic E-state index is -0.143. The first kappa shape index (κ1) is 17.0. The molecule has 0 N–H and O–H groups in total. The first-order valence-corrected chi connectivity index (χ1v) is 9.05. The molecule has 0 bridgehead atoms. The maximum atomic E-state index is 9.21. The van der Waals surface area contributed by atoms with Gasteiger partial charge in [-0.2, -0.15) is 5.26 Å². The Labute approximate surface area is 144 Å². The van der Waals surface area contributed by atoms with E-state index in [1.165, 1.54) is 35.0 Å². The molecule has 1 aromatic heterocycles. The highest BCUT2D eigenvalue weighted by molar-refractivity contribution is 5.87. The molecule has 1 heterocycles. The number of nitrogens with zero attached hydrogens (tertiary/aromatic N) is 2. The lowest BCUT2D eigenvalue weighted by molar-refractivity contribution is -0.140. The zero-order valence-corrected chi connectivity index (χ0v) is 14.7. The van der Waals surface area contributed by atoms with Crippen molar-refractivity contribution in [2.45, 2.75) is 58.8 Å². The number of rotatable bonds is 7. The van der Waals surface area contributed by atoms with Crippen LogP contribution in [0.25, 0.3) is 10.9 Å². The summed E-state index contributed by atoms with van der Waals surface area (Å²) in [6.45, 7) is 6.23. The van der Waals surface area contributed by atoms with Gasteiger partial charge < -0.3 is 14.0 Å². The zero-order chi connectivity index (χ0) is 16.9. The SMILES string of the molecule is CCOC(CCn1c2c(c3cc(C#N)ccc31)CCCC2)OCC. The van der Waals surface area contributed by atoms with Crippen molar-refractivity contribution in [3.8, 4) is 6.07 Å². The number of hydrogen-bond donors (Lipinski definition) is 0. The Morgan fingerprint density at radius 1 is 1.17 bits per heavy atom. The Morgan fingerprint density at radius 2 is 1.92 bits per heavy atom. The summed E-state index contributed by atoms with van der Waals surface area (Å²) in [5, 5.41) is 10.5. The van der Waals surface area contributed by atoms with Gasteiger partial charge in [-0.1, -0.05) is 0 Å². The maximum Gasteiger partial charge on any atom is 0.159 e. The molecule has 1 aliphatic carbocycles. The van der Waals surface area contributed by atoms with Gasteiger partial charge in [0.1, 0.15) is 0 Å². The van der Waals surface area contributed by atoms with Crippen molar-refractivity contribution >= 4 is 10.9 Å². The number of hydrogen-bond acceptors (Lipinski definition) is 3. The number of aryl methyl sites for hydroxylation is 2. The highest BCUT2D eigenvalue weighted by atomic mass is 16.7. The van der Waals surface area contributed by atoms with E-state index in [4.69, 9.17) is 9.47 Å². The van der Waals surface area contributed by atoms with E-state index in [1.807, 2.05) is 19.9 Å². The molecule has 4 heteroatoms. The van der Waals surface area contributed by atoms with Crippen molar-refractivity contribution in [3.05, 3.63) is 35.0 Å². The van der Waals surface area contributed by atoms with Crippen LogP contribution in [0.3, 0.4) is 0 Å². The van der Waals surface area contributed by atoms with E-state index in [0.29, 0.717) is 13.2 Å². The van der Waals surface area contributed by atoms with Gasteiger partial charge in [-0.15, -0.1) is 0 Å². The summed E-state index contributed by atoms with van der Waals surface area (Å²) in [6, 6.07) is 8.35. The second-order valence-electron chi connectivity index (χ2n) is 6.26. The molecule has 0 spiro atoms. The number of fused-ring (bicyclic) bond motifs is 3. The van der Waals surface area contributed by atoms with Crippen LogP contribution >= 0.6 is 0 Å². The number of aromatic nitrogens is 1. The maximum absolute atomic E-state index is 9.21. The van der Waals surface area contributed by atoms with Gasteiger partial charge in [0.25, 0.3) is 0 Å². The molecular weight excluding hydrogens is 300 g/mol. The average Bonchev–Trinajstić information content (AvgIpc) is 2.93. The van der Waals surface area contributed by atoms with Gasteiger partial charge in [0.05, 0.1) is 11.6 Å². The van der Waals surface area contributed by atoms with E-state index in [1.54, 1.807) is 0 Å². The summed E-state index contributed by atoms with van der Waals surface area (Å²) in [5.41, 5.74) is 4.87. The van der Waals surface area contributed by atoms with Crippen LogP contribution < -0.4 is 0 Å². The fraction of sp³-hybridized carbons (Fsp3) is 0.550. The molecule has 2 aromatic rings. The summed E-state index contributed by atoms with van der Waals surface area (Å²) in [6.07, 6.45) is 5.43. The lowest BCUT2D eigenvalue weighted by Crippen LogP contribution is -2.20. The molecule has 4 nitrogen and oxygen atoms in total. The molecular formula is C20H26N2O2. The van der Waals surface area contributed by atoms with Crippen LogP contribution in [0.5, 0.6) is 0 Å². The molecule has 1 aromatic carbocycles. The van der Waals surface area contributed by atoms with Crippen LogP contribution in [0.2, 0.25) is 0 Å². The first-order valence-electron chi connectivity index (χ1n) is 9.05. The van der Waals surface area contributed by atoms with Crippen LogP contribution in [0.1, 0.15) is 49.9 Å². The Bertz CT molecular complexity index is 736. The van der Waals surface area contributed by atoms with Gasteiger partial charge in [0.2, 0.25) is 0 Å². The van der Waals surface area contributed by atoms with Crippen molar-refractivity contribution in [1.82, 2.24) is 4.57 Å². The van der Waals surface area contributed by atoms with Gasteiger partial charge in [-0.25, -0.2) is 0 Å². The summed E-state index contributed by atoms with van der Waals surface area (Å²) < 4.78 is 13.8. The predicted octanol–water partition coefficient (Wildman–Crippen LogP) is 4.18. The van der Waals surface area contributed by atoms with Crippen LogP contribution in [0.4, 0.5) is 0 Å². The lowest BCUT2D eigenvalue weighted by Gasteiger charge is -2.20. The molecule has 0 saturated heterocycles. The van der Waals surface area contributed by atoms with Gasteiger partial charge in [-0.3, -0.25) is 0 Å². The largest absolute Gasteiger partial charge is 0.353 e. The van der Waals surface area contributed by atoms with Crippen LogP contribution in [-0.4, -0.2) is 24.1 Å². The Kier molecular flexibility index (Phi) is 5.55. The molecule has 0 unspecified atom stereocenters. The third-order valence-electron chi connectivity index (χ3n) is 4.80. The Morgan fingerprint density at radius 3 is 2.62 bits per heavy atom. The van der Waals surface area contributed by atoms with E-state index in [-0.39, 0.29) is 6.29 Å². The molecule has 0 fully saturated rings. The molecule has 0 saturated carbocycles. The normalized spacial score (nSPS) is 14.1. The van der Waals surface area contributed by atoms with Crippen molar-refractivity contribution < 1.29 is 9.47 Å². The lowest BCUT2D eigenvalue weighted by atomic mass is 9.95. The van der Waals surface area contributed by atoms with E-state index in [9.17, 15) is 5.26 Å². The van der Waals surface area contributed by atoms with Crippen molar-refractivity contribution in [2.24, 2.45) is 0 Å². The highest BCUT2D eigenvalue weighted by Crippen LogP contribution is 2.33. The molecule has 0 amide bonds. The second kappa shape index (κ2) is 7.83. The van der Waals surface area contributed by atoms with Gasteiger partial charge in [0, 0.05) is 42.8 Å². The fourth-order valence-electron chi connectivity index (χ4n) is 3.78. The Balaban J connectivity index is 1.93. The van der Waals surface area contributed by atoms with E-state index in [2.05, 4.69) is 22.8 Å². The highest BCUT2D eigenvalue weighted by Gasteiger charge is 2.21. The van der Waals surface area contributed by atoms with Crippen molar-refractivity contribution in [3.63, 3.8) is 0 Å².